The summed E-state index contributed by atoms with van der Waals surface area (Å²) < 4.78 is 39.7. The minimum absolute atomic E-state index is 0.0385. The van der Waals surface area contributed by atoms with Crippen LogP contribution in [0, 0.1) is 17.8 Å². The van der Waals surface area contributed by atoms with E-state index in [1.807, 2.05) is 7.05 Å². The highest BCUT2D eigenvalue weighted by Gasteiger charge is 2.51. The molecule has 1 aromatic rings. The highest BCUT2D eigenvalue weighted by molar-refractivity contribution is 6.32. The van der Waals surface area contributed by atoms with Crippen LogP contribution in [0.2, 0.25) is 5.02 Å². The summed E-state index contributed by atoms with van der Waals surface area (Å²) in [5, 5.41) is 34.8. The van der Waals surface area contributed by atoms with Crippen molar-refractivity contribution in [2.75, 3.05) is 37.4 Å². The Hall–Kier alpha value is -1.38. The van der Waals surface area contributed by atoms with Gasteiger partial charge in [0.15, 0.2) is 0 Å². The second kappa shape index (κ2) is 9.91. The Morgan fingerprint density at radius 1 is 1.11 bits per heavy atom. The summed E-state index contributed by atoms with van der Waals surface area (Å²) in [5.41, 5.74) is 6.42. The number of fused-ring (bicyclic) bond motifs is 2. The van der Waals surface area contributed by atoms with Crippen molar-refractivity contribution >= 4 is 23.0 Å². The number of aliphatic hydroxyl groups is 2. The molecule has 5 aliphatic rings. The van der Waals surface area contributed by atoms with Gasteiger partial charge >= 0.3 is 6.18 Å². The molecule has 0 radical (unpaired) electrons. The number of hydrogen-bond donors (Lipinski definition) is 7. The third-order valence-electron chi connectivity index (χ3n) is 9.59. The number of halogens is 4. The van der Waals surface area contributed by atoms with E-state index in [1.54, 1.807) is 0 Å². The first-order chi connectivity index (χ1) is 18.0. The van der Waals surface area contributed by atoms with Crippen LogP contribution in [-0.4, -0.2) is 89.6 Å². The van der Waals surface area contributed by atoms with E-state index in [0.29, 0.717) is 30.6 Å². The monoisotopic (exact) mass is 559 g/mol. The molecule has 3 heterocycles. The maximum atomic E-state index is 13.2. The van der Waals surface area contributed by atoms with Crippen molar-refractivity contribution in [3.63, 3.8) is 0 Å². The van der Waals surface area contributed by atoms with E-state index in [0.717, 1.165) is 38.3 Å². The van der Waals surface area contributed by atoms with Crippen molar-refractivity contribution < 1.29 is 23.4 Å². The van der Waals surface area contributed by atoms with Crippen molar-refractivity contribution in [1.82, 2.24) is 20.4 Å². The van der Waals surface area contributed by atoms with Crippen LogP contribution in [-0.2, 0) is 6.18 Å². The number of nitrogens with zero attached hydrogens (tertiary/aromatic N) is 2. The van der Waals surface area contributed by atoms with E-state index in [1.165, 1.54) is 6.07 Å². The Labute approximate surface area is 225 Å². The van der Waals surface area contributed by atoms with Crippen molar-refractivity contribution in [3.8, 4) is 0 Å². The van der Waals surface area contributed by atoms with Gasteiger partial charge in [-0.3, -0.25) is 15.5 Å². The third kappa shape index (κ3) is 4.66. The van der Waals surface area contributed by atoms with Crippen molar-refractivity contribution in [3.05, 3.63) is 22.7 Å². The summed E-state index contributed by atoms with van der Waals surface area (Å²) in [4.78, 5) is 4.55. The van der Waals surface area contributed by atoms with Crippen molar-refractivity contribution in [1.29, 1.82) is 0 Å². The molecule has 2 saturated heterocycles. The lowest BCUT2D eigenvalue weighted by molar-refractivity contribution is -0.137. The Bertz CT molecular complexity index is 1040. The number of rotatable bonds is 5. The molecule has 6 rings (SSSR count). The summed E-state index contributed by atoms with van der Waals surface area (Å²) in [6.07, 6.45) is -2.74. The van der Waals surface area contributed by atoms with Gasteiger partial charge in [-0.05, 0) is 44.9 Å². The summed E-state index contributed by atoms with van der Waals surface area (Å²) in [6.45, 7) is 2.16. The molecule has 0 bridgehead atoms. The van der Waals surface area contributed by atoms with Gasteiger partial charge in [0.25, 0.3) is 0 Å². The van der Waals surface area contributed by atoms with Gasteiger partial charge in [-0.1, -0.05) is 11.6 Å². The second-order valence-electron chi connectivity index (χ2n) is 11.8. The van der Waals surface area contributed by atoms with E-state index in [-0.39, 0.29) is 47.3 Å². The molecular formula is C25H37ClF3N7O2. The van der Waals surface area contributed by atoms with Gasteiger partial charge in [0.05, 0.1) is 52.7 Å². The van der Waals surface area contributed by atoms with E-state index in [9.17, 15) is 23.4 Å². The molecule has 9 nitrogen and oxygen atoms in total. The number of nitrogens with two attached hydrogens (primary N) is 1. The lowest BCUT2D eigenvalue weighted by Gasteiger charge is -2.44. The number of likely N-dealkylation sites (tertiary alicyclic amines) is 1. The van der Waals surface area contributed by atoms with E-state index in [2.05, 4.69) is 31.1 Å². The molecule has 8 atom stereocenters. The fraction of sp³-hybridized carbons (Fsp3) is 0.760. The van der Waals surface area contributed by atoms with Crippen LogP contribution in [0.4, 0.5) is 24.5 Å². The summed E-state index contributed by atoms with van der Waals surface area (Å²) >= 11 is 5.88. The van der Waals surface area contributed by atoms with E-state index in [4.69, 9.17) is 17.3 Å². The molecule has 2 aliphatic carbocycles. The molecule has 1 aromatic carbocycles. The number of aliphatic hydroxyl groups excluding tert-OH is 2. The van der Waals surface area contributed by atoms with E-state index >= 15 is 0 Å². The first-order valence-corrected chi connectivity index (χ1v) is 13.9. The molecule has 212 valence electrons. The zero-order valence-corrected chi connectivity index (χ0v) is 22.0. The SMILES string of the molecule is CN(C[C@H]1C[C@@H](N2CCC3C(N)NCNC32)[C@H](O)[C@@H]1O)C1CC(C2Nc3cc(Cl)c(C(F)(F)F)cc3N2)C1. The maximum Gasteiger partial charge on any atom is 0.417 e. The van der Waals surface area contributed by atoms with Gasteiger partial charge in [0, 0.05) is 49.6 Å². The zero-order chi connectivity index (χ0) is 26.9. The topological polar surface area (TPSA) is 121 Å². The number of nitrogens with one attached hydrogen (secondary N) is 4. The van der Waals surface area contributed by atoms with Crippen LogP contribution in [0.5, 0.6) is 0 Å². The average Bonchev–Trinajstić information content (AvgIpc) is 3.49. The lowest BCUT2D eigenvalue weighted by Crippen LogP contribution is -2.64. The van der Waals surface area contributed by atoms with Crippen LogP contribution in [0.15, 0.2) is 12.1 Å². The maximum absolute atomic E-state index is 13.2. The number of alkyl halides is 3. The molecule has 4 fully saturated rings. The van der Waals surface area contributed by atoms with Gasteiger partial charge < -0.3 is 31.5 Å². The Morgan fingerprint density at radius 3 is 2.53 bits per heavy atom. The summed E-state index contributed by atoms with van der Waals surface area (Å²) in [6, 6.07) is 2.62. The Kier molecular flexibility index (Phi) is 7.00. The molecule has 0 amide bonds. The van der Waals surface area contributed by atoms with Crippen LogP contribution < -0.4 is 27.0 Å². The predicted molar refractivity (Wildman–Crippen MR) is 138 cm³/mol. The molecule has 0 aromatic heterocycles. The molecule has 4 unspecified atom stereocenters. The lowest BCUT2D eigenvalue weighted by atomic mass is 9.77. The molecule has 0 spiro atoms. The quantitative estimate of drug-likeness (QED) is 0.287. The predicted octanol–water partition coefficient (Wildman–Crippen LogP) is 1.43. The van der Waals surface area contributed by atoms with Crippen LogP contribution in [0.25, 0.3) is 0 Å². The minimum Gasteiger partial charge on any atom is -0.390 e. The normalized spacial score (nSPS) is 41.0. The number of hydrogen-bond acceptors (Lipinski definition) is 9. The van der Waals surface area contributed by atoms with Crippen molar-refractivity contribution in [2.45, 2.75) is 74.6 Å². The molecular weight excluding hydrogens is 523 g/mol. The van der Waals surface area contributed by atoms with Crippen LogP contribution in [0.3, 0.4) is 0 Å². The van der Waals surface area contributed by atoms with Gasteiger partial charge in [-0.25, -0.2) is 0 Å². The van der Waals surface area contributed by atoms with Crippen molar-refractivity contribution in [2.24, 2.45) is 23.5 Å². The fourth-order valence-electron chi connectivity index (χ4n) is 7.32. The Balaban J connectivity index is 1.02. The first-order valence-electron chi connectivity index (χ1n) is 13.5. The smallest absolute Gasteiger partial charge is 0.390 e. The summed E-state index contributed by atoms with van der Waals surface area (Å²) in [7, 11) is 2.05. The van der Waals surface area contributed by atoms with E-state index < -0.39 is 23.9 Å². The minimum atomic E-state index is -4.50. The van der Waals surface area contributed by atoms with Crippen LogP contribution in [0.1, 0.15) is 31.2 Å². The summed E-state index contributed by atoms with van der Waals surface area (Å²) in [5.74, 6) is 0.497. The highest BCUT2D eigenvalue weighted by atomic mass is 35.5. The highest BCUT2D eigenvalue weighted by Crippen LogP contribution is 2.45. The standard InChI is InChI=1S/C25H37ClF3N7O2/c1-35(9-12-6-19(21(38)20(12)37)36-3-2-14-22(30)31-10-32-24(14)36)13-4-11(5-13)23-33-17-7-15(25(27,28)29)16(26)8-18(17)34-23/h7-8,11-14,19-24,31-34,37-38H,2-6,9-10,30H2,1H3/t11?,12-,13?,14?,19-,20-,21+,22?,23?,24?/m1/s1. The van der Waals surface area contributed by atoms with Gasteiger partial charge in [-0.2, -0.15) is 13.2 Å². The van der Waals surface area contributed by atoms with Crippen LogP contribution >= 0.6 is 11.6 Å². The zero-order valence-electron chi connectivity index (χ0n) is 21.3. The van der Waals surface area contributed by atoms with Gasteiger partial charge in [0.2, 0.25) is 0 Å². The fourth-order valence-corrected chi connectivity index (χ4v) is 7.59. The Morgan fingerprint density at radius 2 is 1.82 bits per heavy atom. The van der Waals surface area contributed by atoms with Gasteiger partial charge in [-0.15, -0.1) is 0 Å². The largest absolute Gasteiger partial charge is 0.417 e. The number of anilines is 2. The average molecular weight is 560 g/mol. The first kappa shape index (κ1) is 26.8. The second-order valence-corrected chi connectivity index (χ2v) is 12.2. The molecule has 8 N–H and O–H groups in total. The number of benzene rings is 1. The molecule has 13 heteroatoms. The molecule has 3 aliphatic heterocycles. The molecule has 2 saturated carbocycles. The molecule has 38 heavy (non-hydrogen) atoms. The third-order valence-corrected chi connectivity index (χ3v) is 9.91. The van der Waals surface area contributed by atoms with Gasteiger partial charge in [0.1, 0.15) is 0 Å².